The monoisotopic (exact) mass is 421 g/mol. The van der Waals surface area contributed by atoms with Crippen molar-refractivity contribution in [1.82, 2.24) is 4.98 Å². The van der Waals surface area contributed by atoms with Crippen molar-refractivity contribution in [1.29, 1.82) is 0 Å². The number of pyridine rings is 1. The van der Waals surface area contributed by atoms with E-state index in [1.807, 2.05) is 0 Å². The van der Waals surface area contributed by atoms with E-state index in [1.54, 1.807) is 42.6 Å². The first-order valence-electron chi connectivity index (χ1n) is 9.19. The molecule has 0 aliphatic carbocycles. The fraction of sp³-hybridized carbons (Fsp3) is 0.400. The third kappa shape index (κ3) is 5.91. The minimum atomic E-state index is -3.54. The topological polar surface area (TPSA) is 112 Å². The molecule has 0 saturated carbocycles. The lowest BCUT2D eigenvalue weighted by molar-refractivity contribution is -0.159. The number of carboxylic acid groups (broad SMARTS) is 1. The van der Waals surface area contributed by atoms with Gasteiger partial charge in [-0.1, -0.05) is 18.2 Å². The van der Waals surface area contributed by atoms with Crippen LogP contribution in [0.3, 0.4) is 0 Å². The highest BCUT2D eigenvalue weighted by Gasteiger charge is 2.42. The number of ether oxygens (including phenoxy) is 2. The van der Waals surface area contributed by atoms with E-state index in [0.717, 1.165) is 23.8 Å². The molecule has 0 radical (unpaired) electrons. The van der Waals surface area contributed by atoms with Crippen LogP contribution in [-0.2, 0) is 32.5 Å². The highest BCUT2D eigenvalue weighted by Crippen LogP contribution is 2.30. The standard InChI is InChI=1S/C20H23NO7S/c1-29(24,25)28-17-6-3-15(4-7-17)9-12-26-18-8-5-16(14-21-18)13-20(19(22)23)10-2-11-27-20/h3-8,14H,2,9-13H2,1H3,(H,22,23). The molecule has 156 valence electrons. The average Bonchev–Trinajstić information content (AvgIpc) is 3.13. The number of hydrogen-bond donors (Lipinski definition) is 1. The Morgan fingerprint density at radius 3 is 2.48 bits per heavy atom. The smallest absolute Gasteiger partial charge is 0.336 e. The van der Waals surface area contributed by atoms with Crippen LogP contribution in [0, 0.1) is 0 Å². The molecule has 0 bridgehead atoms. The van der Waals surface area contributed by atoms with Gasteiger partial charge in [-0.25, -0.2) is 9.78 Å². The summed E-state index contributed by atoms with van der Waals surface area (Å²) >= 11 is 0. The van der Waals surface area contributed by atoms with Crippen LogP contribution < -0.4 is 8.92 Å². The Labute approximate surface area is 169 Å². The van der Waals surface area contributed by atoms with Gasteiger partial charge in [-0.15, -0.1) is 0 Å². The Hall–Kier alpha value is -2.65. The highest BCUT2D eigenvalue weighted by atomic mass is 32.2. The van der Waals surface area contributed by atoms with Gasteiger partial charge >= 0.3 is 16.1 Å². The maximum atomic E-state index is 11.6. The van der Waals surface area contributed by atoms with E-state index in [1.165, 1.54) is 0 Å². The van der Waals surface area contributed by atoms with Crippen molar-refractivity contribution in [2.75, 3.05) is 19.5 Å². The predicted octanol–water partition coefficient (Wildman–Crippen LogP) is 2.22. The van der Waals surface area contributed by atoms with Crippen molar-refractivity contribution in [3.05, 3.63) is 53.7 Å². The largest absolute Gasteiger partial charge is 0.479 e. The summed E-state index contributed by atoms with van der Waals surface area (Å²) in [5.41, 5.74) is 0.587. The lowest BCUT2D eigenvalue weighted by Gasteiger charge is -2.23. The third-order valence-electron chi connectivity index (χ3n) is 4.59. The van der Waals surface area contributed by atoms with Crippen LogP contribution in [0.5, 0.6) is 11.6 Å². The molecule has 8 nitrogen and oxygen atoms in total. The van der Waals surface area contributed by atoms with Gasteiger partial charge in [0, 0.05) is 31.7 Å². The van der Waals surface area contributed by atoms with Crippen LogP contribution in [0.25, 0.3) is 0 Å². The van der Waals surface area contributed by atoms with Gasteiger partial charge in [0.2, 0.25) is 5.88 Å². The lowest BCUT2D eigenvalue weighted by atomic mass is 9.92. The number of benzene rings is 1. The normalized spacial score (nSPS) is 19.1. The van der Waals surface area contributed by atoms with Crippen molar-refractivity contribution >= 4 is 16.1 Å². The van der Waals surface area contributed by atoms with E-state index in [-0.39, 0.29) is 12.2 Å². The first-order chi connectivity index (χ1) is 13.8. The second-order valence-corrected chi connectivity index (χ2v) is 8.54. The van der Waals surface area contributed by atoms with E-state index < -0.39 is 21.7 Å². The second-order valence-electron chi connectivity index (χ2n) is 6.96. The van der Waals surface area contributed by atoms with Gasteiger partial charge in [-0.05, 0) is 36.1 Å². The van der Waals surface area contributed by atoms with E-state index in [2.05, 4.69) is 4.98 Å². The van der Waals surface area contributed by atoms with Gasteiger partial charge in [-0.2, -0.15) is 8.42 Å². The number of aromatic nitrogens is 1. The first-order valence-corrected chi connectivity index (χ1v) is 11.0. The summed E-state index contributed by atoms with van der Waals surface area (Å²) in [4.78, 5) is 15.8. The first kappa shape index (κ1) is 21.1. The molecule has 1 N–H and O–H groups in total. The molecule has 0 amide bonds. The average molecular weight is 421 g/mol. The van der Waals surface area contributed by atoms with Gasteiger partial charge in [0.25, 0.3) is 0 Å². The molecular weight excluding hydrogens is 398 g/mol. The summed E-state index contributed by atoms with van der Waals surface area (Å²) in [6.07, 6.45) is 4.72. The molecule has 1 aromatic heterocycles. The minimum absolute atomic E-state index is 0.264. The number of hydrogen-bond acceptors (Lipinski definition) is 7. The summed E-state index contributed by atoms with van der Waals surface area (Å²) in [5, 5.41) is 9.47. The van der Waals surface area contributed by atoms with E-state index >= 15 is 0 Å². The zero-order valence-electron chi connectivity index (χ0n) is 16.0. The molecule has 9 heteroatoms. The molecule has 1 unspecified atom stereocenters. The number of rotatable bonds is 9. The molecule has 3 rings (SSSR count). The summed E-state index contributed by atoms with van der Waals surface area (Å²) in [5.74, 6) is -0.231. The second kappa shape index (κ2) is 8.79. The Bertz CT molecular complexity index is 934. The Morgan fingerprint density at radius 2 is 1.93 bits per heavy atom. The van der Waals surface area contributed by atoms with E-state index in [9.17, 15) is 18.3 Å². The molecule has 29 heavy (non-hydrogen) atoms. The SMILES string of the molecule is CS(=O)(=O)Oc1ccc(CCOc2ccc(CC3(C(=O)O)CCCO3)cn2)cc1. The summed E-state index contributed by atoms with van der Waals surface area (Å²) in [6.45, 7) is 0.850. The molecule has 1 fully saturated rings. The lowest BCUT2D eigenvalue weighted by Crippen LogP contribution is -2.40. The molecule has 1 aromatic carbocycles. The Balaban J connectivity index is 1.50. The van der Waals surface area contributed by atoms with Gasteiger partial charge in [0.15, 0.2) is 5.60 Å². The molecule has 2 heterocycles. The van der Waals surface area contributed by atoms with E-state index in [0.29, 0.717) is 31.9 Å². The molecule has 1 atom stereocenters. The third-order valence-corrected chi connectivity index (χ3v) is 5.09. The maximum absolute atomic E-state index is 11.6. The Morgan fingerprint density at radius 1 is 1.21 bits per heavy atom. The van der Waals surface area contributed by atoms with Crippen molar-refractivity contribution in [3.8, 4) is 11.6 Å². The van der Waals surface area contributed by atoms with Crippen molar-refractivity contribution in [2.24, 2.45) is 0 Å². The van der Waals surface area contributed by atoms with Crippen molar-refractivity contribution < 1.29 is 32.0 Å². The van der Waals surface area contributed by atoms with Crippen LogP contribution in [0.1, 0.15) is 24.0 Å². The molecule has 0 spiro atoms. The van der Waals surface area contributed by atoms with Crippen molar-refractivity contribution in [3.63, 3.8) is 0 Å². The highest BCUT2D eigenvalue weighted by molar-refractivity contribution is 7.86. The molecule has 1 saturated heterocycles. The molecule has 1 aliphatic heterocycles. The van der Waals surface area contributed by atoms with Gasteiger partial charge < -0.3 is 18.8 Å². The quantitative estimate of drug-likeness (QED) is 0.614. The van der Waals surface area contributed by atoms with Gasteiger partial charge in [0.1, 0.15) is 5.75 Å². The molecular formula is C20H23NO7S. The number of nitrogens with zero attached hydrogens (tertiary/aromatic N) is 1. The fourth-order valence-corrected chi connectivity index (χ4v) is 3.63. The van der Waals surface area contributed by atoms with Gasteiger partial charge in [-0.3, -0.25) is 0 Å². The van der Waals surface area contributed by atoms with Crippen LogP contribution in [-0.4, -0.2) is 49.5 Å². The van der Waals surface area contributed by atoms with Crippen LogP contribution in [0.15, 0.2) is 42.6 Å². The van der Waals surface area contributed by atoms with E-state index in [4.69, 9.17) is 13.7 Å². The van der Waals surface area contributed by atoms with Gasteiger partial charge in [0.05, 0.1) is 12.9 Å². The minimum Gasteiger partial charge on any atom is -0.479 e. The summed E-state index contributed by atoms with van der Waals surface area (Å²) in [6, 6.07) is 10.2. The zero-order valence-corrected chi connectivity index (χ0v) is 16.9. The van der Waals surface area contributed by atoms with Crippen LogP contribution in [0.2, 0.25) is 0 Å². The predicted molar refractivity (Wildman–Crippen MR) is 105 cm³/mol. The Kier molecular flexibility index (Phi) is 6.39. The fourth-order valence-electron chi connectivity index (χ4n) is 3.17. The molecule has 1 aliphatic rings. The number of carbonyl (C=O) groups is 1. The maximum Gasteiger partial charge on any atom is 0.336 e. The number of aliphatic carboxylic acids is 1. The molecule has 2 aromatic rings. The van der Waals surface area contributed by atoms with Crippen molar-refractivity contribution in [2.45, 2.75) is 31.3 Å². The zero-order chi connectivity index (χ0) is 20.9. The number of carboxylic acids is 1. The van der Waals surface area contributed by atoms with Crippen LogP contribution >= 0.6 is 0 Å². The summed E-state index contributed by atoms with van der Waals surface area (Å²) in [7, 11) is -3.54. The van der Waals surface area contributed by atoms with Crippen LogP contribution in [0.4, 0.5) is 0 Å². The summed E-state index contributed by atoms with van der Waals surface area (Å²) < 4.78 is 38.1.